The van der Waals surface area contributed by atoms with Gasteiger partial charge in [-0.05, 0) is 22.9 Å². The number of hydrogen-bond acceptors (Lipinski definition) is 3. The number of piperazine rings is 1. The van der Waals surface area contributed by atoms with Crippen LogP contribution in [0.4, 0.5) is 0 Å². The molecule has 0 radical (unpaired) electrons. The molecule has 0 aliphatic carbocycles. The van der Waals surface area contributed by atoms with Gasteiger partial charge in [-0.2, -0.15) is 5.10 Å². The third-order valence-corrected chi connectivity index (χ3v) is 3.58. The first-order valence-electron chi connectivity index (χ1n) is 4.90. The highest BCUT2D eigenvalue weighted by atomic mass is 79.9. The SMILES string of the molecule is Cc1[nH]nc(CN2CCNCC2)c1Br. The van der Waals surface area contributed by atoms with Crippen LogP contribution >= 0.6 is 15.9 Å². The number of hydrogen-bond donors (Lipinski definition) is 2. The smallest absolute Gasteiger partial charge is 0.0906 e. The minimum Gasteiger partial charge on any atom is -0.314 e. The van der Waals surface area contributed by atoms with Crippen molar-refractivity contribution >= 4 is 15.9 Å². The molecule has 1 aromatic rings. The lowest BCUT2D eigenvalue weighted by atomic mass is 10.3. The van der Waals surface area contributed by atoms with Gasteiger partial charge in [0.2, 0.25) is 0 Å². The molecule has 4 nitrogen and oxygen atoms in total. The maximum absolute atomic E-state index is 4.28. The van der Waals surface area contributed by atoms with E-state index in [1.807, 2.05) is 6.92 Å². The molecule has 1 aliphatic rings. The van der Waals surface area contributed by atoms with E-state index in [1.54, 1.807) is 0 Å². The van der Waals surface area contributed by atoms with Crippen LogP contribution in [0, 0.1) is 6.92 Å². The van der Waals surface area contributed by atoms with Crippen LogP contribution in [0.1, 0.15) is 11.4 Å². The maximum Gasteiger partial charge on any atom is 0.0906 e. The average molecular weight is 259 g/mol. The van der Waals surface area contributed by atoms with E-state index in [0.717, 1.165) is 48.6 Å². The van der Waals surface area contributed by atoms with E-state index in [9.17, 15) is 0 Å². The Kier molecular flexibility index (Phi) is 3.20. The molecule has 2 rings (SSSR count). The zero-order valence-electron chi connectivity index (χ0n) is 8.31. The highest BCUT2D eigenvalue weighted by Gasteiger charge is 2.14. The second-order valence-electron chi connectivity index (χ2n) is 3.64. The molecular weight excluding hydrogens is 244 g/mol. The summed E-state index contributed by atoms with van der Waals surface area (Å²) in [5, 5.41) is 10.6. The number of aromatic nitrogens is 2. The summed E-state index contributed by atoms with van der Waals surface area (Å²) in [5.74, 6) is 0. The molecule has 78 valence electrons. The topological polar surface area (TPSA) is 44.0 Å². The first-order valence-corrected chi connectivity index (χ1v) is 5.69. The zero-order valence-corrected chi connectivity index (χ0v) is 9.89. The van der Waals surface area contributed by atoms with E-state index in [-0.39, 0.29) is 0 Å². The highest BCUT2D eigenvalue weighted by Crippen LogP contribution is 2.19. The quantitative estimate of drug-likeness (QED) is 0.828. The summed E-state index contributed by atoms with van der Waals surface area (Å²) in [7, 11) is 0. The minimum atomic E-state index is 0.937. The predicted molar refractivity (Wildman–Crippen MR) is 59.2 cm³/mol. The number of rotatable bonds is 2. The lowest BCUT2D eigenvalue weighted by Gasteiger charge is -2.26. The van der Waals surface area contributed by atoms with Gasteiger partial charge < -0.3 is 5.32 Å². The van der Waals surface area contributed by atoms with Crippen molar-refractivity contribution in [1.29, 1.82) is 0 Å². The molecule has 1 aromatic heterocycles. The van der Waals surface area contributed by atoms with Gasteiger partial charge in [0.1, 0.15) is 0 Å². The van der Waals surface area contributed by atoms with Crippen LogP contribution in [0.2, 0.25) is 0 Å². The summed E-state index contributed by atoms with van der Waals surface area (Å²) < 4.78 is 1.12. The molecule has 0 bridgehead atoms. The van der Waals surface area contributed by atoms with E-state index >= 15 is 0 Å². The molecule has 2 heterocycles. The van der Waals surface area contributed by atoms with Crippen LogP contribution in [0.3, 0.4) is 0 Å². The van der Waals surface area contributed by atoms with Crippen molar-refractivity contribution in [2.75, 3.05) is 26.2 Å². The summed E-state index contributed by atoms with van der Waals surface area (Å²) in [5.41, 5.74) is 2.22. The Hall–Kier alpha value is -0.390. The van der Waals surface area contributed by atoms with Crippen molar-refractivity contribution in [3.63, 3.8) is 0 Å². The fraction of sp³-hybridized carbons (Fsp3) is 0.667. The van der Waals surface area contributed by atoms with Gasteiger partial charge in [0, 0.05) is 38.4 Å². The lowest BCUT2D eigenvalue weighted by molar-refractivity contribution is 0.230. The molecule has 0 atom stereocenters. The Labute approximate surface area is 92.2 Å². The molecule has 1 saturated heterocycles. The summed E-state index contributed by atoms with van der Waals surface area (Å²) in [4.78, 5) is 2.41. The van der Waals surface area contributed by atoms with Gasteiger partial charge in [0.05, 0.1) is 10.2 Å². The molecule has 0 saturated carbocycles. The average Bonchev–Trinajstić information content (AvgIpc) is 2.52. The number of H-pyrrole nitrogens is 1. The summed E-state index contributed by atoms with van der Waals surface area (Å²) in [6.07, 6.45) is 0. The number of aromatic amines is 1. The van der Waals surface area contributed by atoms with Gasteiger partial charge in [-0.3, -0.25) is 10.00 Å². The Morgan fingerprint density at radius 1 is 1.43 bits per heavy atom. The van der Waals surface area contributed by atoms with Crippen LogP contribution in [-0.4, -0.2) is 41.3 Å². The van der Waals surface area contributed by atoms with Crippen LogP contribution in [0.5, 0.6) is 0 Å². The van der Waals surface area contributed by atoms with Crippen LogP contribution in [-0.2, 0) is 6.54 Å². The van der Waals surface area contributed by atoms with Crippen molar-refractivity contribution in [3.8, 4) is 0 Å². The number of nitrogens with zero attached hydrogens (tertiary/aromatic N) is 2. The number of aryl methyl sites for hydroxylation is 1. The second kappa shape index (κ2) is 4.42. The molecule has 14 heavy (non-hydrogen) atoms. The van der Waals surface area contributed by atoms with E-state index in [0.29, 0.717) is 0 Å². The molecule has 0 unspecified atom stereocenters. The summed E-state index contributed by atoms with van der Waals surface area (Å²) in [6.45, 7) is 7.35. The lowest BCUT2D eigenvalue weighted by Crippen LogP contribution is -2.43. The molecule has 1 aliphatic heterocycles. The van der Waals surface area contributed by atoms with Crippen molar-refractivity contribution in [2.24, 2.45) is 0 Å². The molecule has 2 N–H and O–H groups in total. The zero-order chi connectivity index (χ0) is 9.97. The first kappa shape index (κ1) is 10.1. The van der Waals surface area contributed by atoms with Gasteiger partial charge in [-0.15, -0.1) is 0 Å². The molecular formula is C9H15BrN4. The monoisotopic (exact) mass is 258 g/mol. The maximum atomic E-state index is 4.28. The molecule has 5 heteroatoms. The summed E-state index contributed by atoms with van der Waals surface area (Å²) in [6, 6.07) is 0. The fourth-order valence-electron chi connectivity index (χ4n) is 1.65. The van der Waals surface area contributed by atoms with Gasteiger partial charge in [0.15, 0.2) is 0 Å². The first-order chi connectivity index (χ1) is 6.77. The standard InChI is InChI=1S/C9H15BrN4/c1-7-9(10)8(13-12-7)6-14-4-2-11-3-5-14/h11H,2-6H2,1H3,(H,12,13). The largest absolute Gasteiger partial charge is 0.314 e. The minimum absolute atomic E-state index is 0.937. The van der Waals surface area contributed by atoms with Crippen molar-refractivity contribution in [3.05, 3.63) is 15.9 Å². The third kappa shape index (κ3) is 2.16. The third-order valence-electron chi connectivity index (χ3n) is 2.52. The number of halogens is 1. The van der Waals surface area contributed by atoms with E-state index in [4.69, 9.17) is 0 Å². The van der Waals surface area contributed by atoms with E-state index in [1.165, 1.54) is 0 Å². The van der Waals surface area contributed by atoms with Crippen molar-refractivity contribution in [1.82, 2.24) is 20.4 Å². The Morgan fingerprint density at radius 2 is 2.14 bits per heavy atom. The van der Waals surface area contributed by atoms with Gasteiger partial charge in [0.25, 0.3) is 0 Å². The molecule has 0 spiro atoms. The van der Waals surface area contributed by atoms with Crippen molar-refractivity contribution < 1.29 is 0 Å². The molecule has 1 fully saturated rings. The highest BCUT2D eigenvalue weighted by molar-refractivity contribution is 9.10. The van der Waals surface area contributed by atoms with Crippen LogP contribution in [0.25, 0.3) is 0 Å². The molecule has 0 aromatic carbocycles. The van der Waals surface area contributed by atoms with Gasteiger partial charge in [-0.25, -0.2) is 0 Å². The fourth-order valence-corrected chi connectivity index (χ4v) is 1.95. The van der Waals surface area contributed by atoms with E-state index < -0.39 is 0 Å². The van der Waals surface area contributed by atoms with Crippen LogP contribution in [0.15, 0.2) is 4.47 Å². The number of nitrogens with one attached hydrogen (secondary N) is 2. The van der Waals surface area contributed by atoms with E-state index in [2.05, 4.69) is 36.3 Å². The van der Waals surface area contributed by atoms with Crippen LogP contribution < -0.4 is 5.32 Å². The Balaban J connectivity index is 1.99. The van der Waals surface area contributed by atoms with Gasteiger partial charge in [-0.1, -0.05) is 0 Å². The Bertz CT molecular complexity index is 304. The molecule has 0 amide bonds. The van der Waals surface area contributed by atoms with Crippen molar-refractivity contribution in [2.45, 2.75) is 13.5 Å². The second-order valence-corrected chi connectivity index (χ2v) is 4.43. The predicted octanol–water partition coefficient (Wildman–Crippen LogP) is 0.886. The Morgan fingerprint density at radius 3 is 2.71 bits per heavy atom. The normalized spacial score (nSPS) is 18.7. The summed E-state index contributed by atoms with van der Waals surface area (Å²) >= 11 is 3.54. The van der Waals surface area contributed by atoms with Gasteiger partial charge >= 0.3 is 0 Å².